The lowest BCUT2D eigenvalue weighted by molar-refractivity contribution is -0.318. The monoisotopic (exact) mass is 624 g/mol. The summed E-state index contributed by atoms with van der Waals surface area (Å²) >= 11 is 0. The average molecular weight is 625 g/mol. The van der Waals surface area contributed by atoms with E-state index in [2.05, 4.69) is 0 Å². The van der Waals surface area contributed by atoms with Crippen LogP contribution in [-0.4, -0.2) is 119 Å². The highest BCUT2D eigenvalue weighted by Gasteiger charge is 2.48. The molecule has 3 heterocycles. The minimum Gasteiger partial charge on any atom is -0.508 e. The van der Waals surface area contributed by atoms with Gasteiger partial charge >= 0.3 is 0 Å². The summed E-state index contributed by atoms with van der Waals surface area (Å²) in [5.41, 5.74) is -1.16. The molecule has 0 bridgehead atoms. The molecule has 3 aromatic rings. The molecule has 5 rings (SSSR count). The van der Waals surface area contributed by atoms with Crippen LogP contribution in [0.25, 0.3) is 22.3 Å². The molecule has 2 aliphatic heterocycles. The number of aliphatic hydroxyl groups is 6. The topological polar surface area (TPSA) is 269 Å². The second kappa shape index (κ2) is 12.0. The van der Waals surface area contributed by atoms with Gasteiger partial charge in [0.2, 0.25) is 17.5 Å². The molecule has 10 N–H and O–H groups in total. The molecule has 0 unspecified atom stereocenters. The molecular formula is C28H32O16. The zero-order valence-electron chi connectivity index (χ0n) is 23.2. The number of hydrogen-bond acceptors (Lipinski definition) is 16. The number of rotatable bonds is 6. The smallest absolute Gasteiger partial charge is 0.239 e. The van der Waals surface area contributed by atoms with Crippen molar-refractivity contribution in [1.29, 1.82) is 0 Å². The Morgan fingerprint density at radius 3 is 2.11 bits per heavy atom. The van der Waals surface area contributed by atoms with Gasteiger partial charge in [-0.3, -0.25) is 4.79 Å². The van der Waals surface area contributed by atoms with Crippen LogP contribution in [0.4, 0.5) is 0 Å². The van der Waals surface area contributed by atoms with Gasteiger partial charge in [-0.25, -0.2) is 0 Å². The molecular weight excluding hydrogens is 592 g/mol. The Hall–Kier alpha value is -3.71. The highest BCUT2D eigenvalue weighted by atomic mass is 16.7. The fourth-order valence-electron chi connectivity index (χ4n) is 5.07. The van der Waals surface area contributed by atoms with E-state index in [1.54, 1.807) is 0 Å². The first-order chi connectivity index (χ1) is 20.7. The third kappa shape index (κ3) is 5.63. The van der Waals surface area contributed by atoms with Crippen LogP contribution in [-0.2, 0) is 14.2 Å². The van der Waals surface area contributed by atoms with Crippen LogP contribution in [0, 0.1) is 6.92 Å². The number of ether oxygens (including phenoxy) is 4. The Kier molecular flexibility index (Phi) is 8.65. The maximum atomic E-state index is 13.7. The van der Waals surface area contributed by atoms with Crippen molar-refractivity contribution in [3.05, 3.63) is 40.1 Å². The van der Waals surface area contributed by atoms with Crippen molar-refractivity contribution in [3.63, 3.8) is 0 Å². The third-order valence-corrected chi connectivity index (χ3v) is 7.60. The van der Waals surface area contributed by atoms with E-state index in [1.807, 2.05) is 0 Å². The fraction of sp³-hybridized carbons (Fsp3) is 0.464. The Bertz CT molecular complexity index is 1570. The fourth-order valence-corrected chi connectivity index (χ4v) is 5.07. The molecule has 2 saturated heterocycles. The van der Waals surface area contributed by atoms with Gasteiger partial charge in [-0.15, -0.1) is 0 Å². The number of phenolic OH excluding ortho intramolecular Hbond substituents is 4. The van der Waals surface area contributed by atoms with E-state index >= 15 is 0 Å². The Balaban J connectivity index is 1.50. The molecule has 1 aromatic heterocycles. The summed E-state index contributed by atoms with van der Waals surface area (Å²) < 4.78 is 27.9. The zero-order valence-corrected chi connectivity index (χ0v) is 23.2. The highest BCUT2D eigenvalue weighted by molar-refractivity contribution is 5.88. The first-order valence-electron chi connectivity index (χ1n) is 13.4. The Morgan fingerprint density at radius 1 is 0.773 bits per heavy atom. The number of fused-ring (bicyclic) bond motifs is 1. The van der Waals surface area contributed by atoms with Gasteiger partial charge in [-0.2, -0.15) is 0 Å². The summed E-state index contributed by atoms with van der Waals surface area (Å²) in [5.74, 6) is -3.26. The van der Waals surface area contributed by atoms with Gasteiger partial charge < -0.3 is 74.4 Å². The predicted octanol–water partition coefficient (Wildman–Crippen LogP) is -1.38. The summed E-state index contributed by atoms with van der Waals surface area (Å²) in [7, 11) is 0. The van der Waals surface area contributed by atoms with Crippen LogP contribution in [0.2, 0.25) is 0 Å². The van der Waals surface area contributed by atoms with Crippen LogP contribution in [0.15, 0.2) is 33.5 Å². The van der Waals surface area contributed by atoms with Gasteiger partial charge in [-0.05, 0) is 31.5 Å². The SMILES string of the molecule is Cc1cc(-c2oc3cc(O)cc(O)c3c(=O)c2O[C@@H]2O[C@H](CO[C@@H]3O[C@@H](C)[C@H](O)[C@@H](O)[C@H]3O)[C@@H](O)[C@H](O)[C@H]2O)cc(O)c1O. The molecule has 44 heavy (non-hydrogen) atoms. The van der Waals surface area contributed by atoms with Gasteiger partial charge in [0, 0.05) is 17.7 Å². The predicted molar refractivity (Wildman–Crippen MR) is 145 cm³/mol. The van der Waals surface area contributed by atoms with Crippen molar-refractivity contribution < 1.29 is 74.4 Å². The van der Waals surface area contributed by atoms with Crippen molar-refractivity contribution in [2.45, 2.75) is 75.3 Å². The molecule has 16 heteroatoms. The lowest BCUT2D eigenvalue weighted by Crippen LogP contribution is -2.61. The summed E-state index contributed by atoms with van der Waals surface area (Å²) in [6.07, 6.45) is -16.2. The molecule has 16 nitrogen and oxygen atoms in total. The molecule has 0 spiro atoms. The van der Waals surface area contributed by atoms with Gasteiger partial charge in [0.05, 0.1) is 12.7 Å². The molecule has 2 fully saturated rings. The number of phenols is 4. The van der Waals surface area contributed by atoms with E-state index < -0.39 is 113 Å². The Morgan fingerprint density at radius 2 is 1.43 bits per heavy atom. The van der Waals surface area contributed by atoms with E-state index in [0.717, 1.165) is 18.2 Å². The zero-order chi connectivity index (χ0) is 32.2. The lowest BCUT2D eigenvalue weighted by atomic mass is 9.98. The number of aliphatic hydroxyl groups excluding tert-OH is 6. The number of hydrogen-bond donors (Lipinski definition) is 10. The molecule has 2 aliphatic rings. The summed E-state index contributed by atoms with van der Waals surface area (Å²) in [6, 6.07) is 4.27. The number of aryl methyl sites for hydroxylation is 1. The normalized spacial score (nSPS) is 32.5. The second-order valence-corrected chi connectivity index (χ2v) is 10.7. The lowest BCUT2D eigenvalue weighted by Gasteiger charge is -2.42. The van der Waals surface area contributed by atoms with E-state index in [1.165, 1.54) is 19.9 Å². The maximum Gasteiger partial charge on any atom is 0.239 e. The third-order valence-electron chi connectivity index (χ3n) is 7.60. The minimum atomic E-state index is -1.97. The molecule has 0 aliphatic carbocycles. The number of benzene rings is 2. The van der Waals surface area contributed by atoms with Gasteiger partial charge in [0.1, 0.15) is 65.2 Å². The van der Waals surface area contributed by atoms with Gasteiger partial charge in [0.25, 0.3) is 0 Å². The van der Waals surface area contributed by atoms with E-state index in [-0.39, 0.29) is 16.7 Å². The van der Waals surface area contributed by atoms with Crippen molar-refractivity contribution in [3.8, 4) is 40.1 Å². The standard InChI is InChI=1S/C28H32O16/c1-8-3-10(4-13(31)17(8)32)25-26(20(35)16-12(30)5-11(29)6-14(16)42-25)44-28-24(39)22(37)19(34)15(43-28)7-40-27-23(38)21(36)18(33)9(2)41-27/h3-6,9,15,18-19,21-24,27-34,36-39H,7H2,1-2H3/t9-,15+,18-,19+,21+,22-,23+,24+,27+,28-/m0/s1. The molecule has 0 radical (unpaired) electrons. The van der Waals surface area contributed by atoms with Crippen molar-refractivity contribution in [2.24, 2.45) is 0 Å². The van der Waals surface area contributed by atoms with Crippen LogP contribution in [0.1, 0.15) is 12.5 Å². The van der Waals surface area contributed by atoms with Crippen molar-refractivity contribution >= 4 is 11.0 Å². The first-order valence-corrected chi connectivity index (χ1v) is 13.4. The molecule has 10 atom stereocenters. The van der Waals surface area contributed by atoms with Crippen LogP contribution >= 0.6 is 0 Å². The molecule has 2 aromatic carbocycles. The largest absolute Gasteiger partial charge is 0.508 e. The maximum absolute atomic E-state index is 13.7. The van der Waals surface area contributed by atoms with E-state index in [0.29, 0.717) is 0 Å². The second-order valence-electron chi connectivity index (χ2n) is 10.7. The average Bonchev–Trinajstić information content (AvgIpc) is 2.97. The molecule has 0 saturated carbocycles. The van der Waals surface area contributed by atoms with E-state index in [9.17, 15) is 55.9 Å². The first kappa shape index (κ1) is 31.7. The van der Waals surface area contributed by atoms with Gasteiger partial charge in [-0.1, -0.05) is 0 Å². The van der Waals surface area contributed by atoms with Crippen LogP contribution in [0.5, 0.6) is 28.7 Å². The summed E-state index contributed by atoms with van der Waals surface area (Å²) in [4.78, 5) is 13.7. The van der Waals surface area contributed by atoms with Crippen LogP contribution < -0.4 is 10.2 Å². The molecule has 0 amide bonds. The molecule has 240 valence electrons. The highest BCUT2D eigenvalue weighted by Crippen LogP contribution is 2.40. The van der Waals surface area contributed by atoms with E-state index in [4.69, 9.17) is 23.4 Å². The summed E-state index contributed by atoms with van der Waals surface area (Å²) in [5, 5.41) is 102. The van der Waals surface area contributed by atoms with Crippen molar-refractivity contribution in [2.75, 3.05) is 6.61 Å². The summed E-state index contributed by atoms with van der Waals surface area (Å²) in [6.45, 7) is 2.26. The van der Waals surface area contributed by atoms with Gasteiger partial charge in [0.15, 0.2) is 23.5 Å². The minimum absolute atomic E-state index is 0.0151. The number of aromatic hydroxyl groups is 4. The Labute approximate surface area is 247 Å². The van der Waals surface area contributed by atoms with Crippen molar-refractivity contribution in [1.82, 2.24) is 0 Å². The van der Waals surface area contributed by atoms with Crippen LogP contribution in [0.3, 0.4) is 0 Å². The quantitative estimate of drug-likeness (QED) is 0.142.